The second-order valence-corrected chi connectivity index (χ2v) is 7.39. The molecule has 0 saturated heterocycles. The van der Waals surface area contributed by atoms with Gasteiger partial charge in [-0.3, -0.25) is 9.59 Å². The number of hydrogen-bond acceptors (Lipinski definition) is 4. The zero-order chi connectivity index (χ0) is 20.3. The van der Waals surface area contributed by atoms with Crippen LogP contribution in [0.1, 0.15) is 50.7 Å². The first-order chi connectivity index (χ1) is 13.4. The van der Waals surface area contributed by atoms with Gasteiger partial charge in [0.1, 0.15) is 13.2 Å². The molecule has 2 aromatic rings. The summed E-state index contributed by atoms with van der Waals surface area (Å²) in [6.45, 7) is 9.19. The van der Waals surface area contributed by atoms with Crippen LogP contribution in [0.4, 0.5) is 11.4 Å². The van der Waals surface area contributed by atoms with Gasteiger partial charge in [-0.1, -0.05) is 45.9 Å². The monoisotopic (exact) mass is 382 g/mol. The molecule has 0 aromatic heterocycles. The molecule has 0 saturated carbocycles. The Balaban J connectivity index is 1.77. The average Bonchev–Trinajstić information content (AvgIpc) is 2.67. The molecular formula is C22H26N2O4. The first-order valence-corrected chi connectivity index (χ1v) is 9.51. The molecule has 1 heterocycles. The lowest BCUT2D eigenvalue weighted by Gasteiger charge is -2.20. The third-order valence-corrected chi connectivity index (χ3v) is 4.62. The van der Waals surface area contributed by atoms with E-state index >= 15 is 0 Å². The predicted octanol–water partition coefficient (Wildman–Crippen LogP) is 4.28. The second-order valence-electron chi connectivity index (χ2n) is 7.39. The summed E-state index contributed by atoms with van der Waals surface area (Å²) in [7, 11) is 0. The van der Waals surface area contributed by atoms with Gasteiger partial charge in [-0.25, -0.2) is 0 Å². The standard InChI is InChI=1S/C22H26N2O4/c1-13(2)16-6-5-7-17(14(3)4)20(16)24-22(26)21(25)23-15-8-9-18-19(12-15)28-11-10-27-18/h5-9,12-14H,10-11H2,1-4H3,(H,23,25)(H,24,26). The molecule has 2 N–H and O–H groups in total. The SMILES string of the molecule is CC(C)c1cccc(C(C)C)c1NC(=O)C(=O)Nc1ccc2c(c1)OCCO2. The number of para-hydroxylation sites is 1. The average molecular weight is 382 g/mol. The zero-order valence-electron chi connectivity index (χ0n) is 16.7. The van der Waals surface area contributed by atoms with Crippen molar-refractivity contribution >= 4 is 23.2 Å². The summed E-state index contributed by atoms with van der Waals surface area (Å²) >= 11 is 0. The van der Waals surface area contributed by atoms with Crippen LogP contribution in [0, 0.1) is 0 Å². The summed E-state index contributed by atoms with van der Waals surface area (Å²) in [5, 5.41) is 5.44. The van der Waals surface area contributed by atoms with Gasteiger partial charge in [0.25, 0.3) is 0 Å². The van der Waals surface area contributed by atoms with Gasteiger partial charge in [-0.15, -0.1) is 0 Å². The highest BCUT2D eigenvalue weighted by Crippen LogP contribution is 2.33. The van der Waals surface area contributed by atoms with Crippen molar-refractivity contribution in [3.05, 3.63) is 47.5 Å². The lowest BCUT2D eigenvalue weighted by atomic mass is 9.92. The highest BCUT2D eigenvalue weighted by Gasteiger charge is 2.21. The van der Waals surface area contributed by atoms with E-state index in [1.54, 1.807) is 18.2 Å². The third-order valence-electron chi connectivity index (χ3n) is 4.62. The van der Waals surface area contributed by atoms with E-state index in [0.29, 0.717) is 30.4 Å². The Kier molecular flexibility index (Phi) is 5.87. The molecule has 0 unspecified atom stereocenters. The van der Waals surface area contributed by atoms with E-state index < -0.39 is 11.8 Å². The largest absolute Gasteiger partial charge is 0.486 e. The van der Waals surface area contributed by atoms with Gasteiger partial charge >= 0.3 is 11.8 Å². The van der Waals surface area contributed by atoms with Crippen LogP contribution < -0.4 is 20.1 Å². The smallest absolute Gasteiger partial charge is 0.314 e. The molecule has 148 valence electrons. The molecule has 3 rings (SSSR count). The number of anilines is 2. The Hall–Kier alpha value is -3.02. The Labute approximate surface area is 165 Å². The van der Waals surface area contributed by atoms with E-state index in [9.17, 15) is 9.59 Å². The highest BCUT2D eigenvalue weighted by molar-refractivity contribution is 6.43. The summed E-state index contributed by atoms with van der Waals surface area (Å²) in [6.07, 6.45) is 0. The number of amides is 2. The van der Waals surface area contributed by atoms with Crippen LogP contribution in [0.3, 0.4) is 0 Å². The predicted molar refractivity (Wildman–Crippen MR) is 109 cm³/mol. The minimum Gasteiger partial charge on any atom is -0.486 e. The summed E-state index contributed by atoms with van der Waals surface area (Å²) in [5.41, 5.74) is 3.21. The van der Waals surface area contributed by atoms with Gasteiger partial charge < -0.3 is 20.1 Å². The maximum atomic E-state index is 12.6. The summed E-state index contributed by atoms with van der Waals surface area (Å²) in [6, 6.07) is 11.0. The van der Waals surface area contributed by atoms with E-state index in [-0.39, 0.29) is 11.8 Å². The van der Waals surface area contributed by atoms with Crippen molar-refractivity contribution in [1.29, 1.82) is 0 Å². The normalized spacial score (nSPS) is 12.8. The number of nitrogens with one attached hydrogen (secondary N) is 2. The second kappa shape index (κ2) is 8.33. The zero-order valence-corrected chi connectivity index (χ0v) is 16.7. The number of carbonyl (C=O) groups excluding carboxylic acids is 2. The number of ether oxygens (including phenoxy) is 2. The van der Waals surface area contributed by atoms with E-state index in [0.717, 1.165) is 16.8 Å². The van der Waals surface area contributed by atoms with Crippen LogP contribution in [0.5, 0.6) is 11.5 Å². The number of rotatable bonds is 4. The van der Waals surface area contributed by atoms with Crippen LogP contribution >= 0.6 is 0 Å². The maximum Gasteiger partial charge on any atom is 0.314 e. The van der Waals surface area contributed by atoms with Gasteiger partial charge in [0.05, 0.1) is 0 Å². The van der Waals surface area contributed by atoms with Crippen LogP contribution in [0.15, 0.2) is 36.4 Å². The fraction of sp³-hybridized carbons (Fsp3) is 0.364. The van der Waals surface area contributed by atoms with Gasteiger partial charge in [0.15, 0.2) is 11.5 Å². The Morgan fingerprint density at radius 2 is 1.39 bits per heavy atom. The molecule has 28 heavy (non-hydrogen) atoms. The van der Waals surface area contributed by atoms with Crippen molar-refractivity contribution in [3.63, 3.8) is 0 Å². The van der Waals surface area contributed by atoms with E-state index in [1.165, 1.54) is 0 Å². The highest BCUT2D eigenvalue weighted by atomic mass is 16.6. The first-order valence-electron chi connectivity index (χ1n) is 9.51. The molecule has 0 radical (unpaired) electrons. The molecule has 0 spiro atoms. The fourth-order valence-electron chi connectivity index (χ4n) is 3.17. The molecule has 1 aliphatic heterocycles. The van der Waals surface area contributed by atoms with Crippen LogP contribution in [-0.4, -0.2) is 25.0 Å². The lowest BCUT2D eigenvalue weighted by Crippen LogP contribution is -2.30. The van der Waals surface area contributed by atoms with Crippen molar-refractivity contribution in [2.75, 3.05) is 23.8 Å². The molecule has 2 amide bonds. The number of fused-ring (bicyclic) bond motifs is 1. The molecule has 2 aromatic carbocycles. The molecule has 0 atom stereocenters. The van der Waals surface area contributed by atoms with Crippen LogP contribution in [-0.2, 0) is 9.59 Å². The molecule has 0 aliphatic carbocycles. The van der Waals surface area contributed by atoms with Gasteiger partial charge in [-0.2, -0.15) is 0 Å². The van der Waals surface area contributed by atoms with Crippen molar-refractivity contribution in [1.82, 2.24) is 0 Å². The quantitative estimate of drug-likeness (QED) is 0.774. The van der Waals surface area contributed by atoms with Crippen molar-refractivity contribution < 1.29 is 19.1 Å². The van der Waals surface area contributed by atoms with Crippen molar-refractivity contribution in [3.8, 4) is 11.5 Å². The number of benzene rings is 2. The number of carbonyl (C=O) groups is 2. The molecule has 0 bridgehead atoms. The Morgan fingerprint density at radius 1 is 0.821 bits per heavy atom. The molecular weight excluding hydrogens is 356 g/mol. The van der Waals surface area contributed by atoms with E-state index in [2.05, 4.69) is 38.3 Å². The minimum atomic E-state index is -0.732. The summed E-state index contributed by atoms with van der Waals surface area (Å²) in [4.78, 5) is 25.0. The summed E-state index contributed by atoms with van der Waals surface area (Å²) < 4.78 is 11.0. The first kappa shape index (κ1) is 19.7. The van der Waals surface area contributed by atoms with E-state index in [4.69, 9.17) is 9.47 Å². The van der Waals surface area contributed by atoms with Gasteiger partial charge in [0.2, 0.25) is 0 Å². The molecule has 0 fully saturated rings. The van der Waals surface area contributed by atoms with Crippen LogP contribution in [0.2, 0.25) is 0 Å². The van der Waals surface area contributed by atoms with Gasteiger partial charge in [0, 0.05) is 17.4 Å². The Morgan fingerprint density at radius 3 is 2.00 bits per heavy atom. The Bertz CT molecular complexity index is 864. The fourth-order valence-corrected chi connectivity index (χ4v) is 3.17. The molecule has 6 nitrogen and oxygen atoms in total. The van der Waals surface area contributed by atoms with Crippen molar-refractivity contribution in [2.45, 2.75) is 39.5 Å². The van der Waals surface area contributed by atoms with Crippen LogP contribution in [0.25, 0.3) is 0 Å². The summed E-state index contributed by atoms with van der Waals surface area (Å²) in [5.74, 6) is 0.178. The topological polar surface area (TPSA) is 76.7 Å². The molecule has 1 aliphatic rings. The van der Waals surface area contributed by atoms with Gasteiger partial charge in [-0.05, 0) is 35.1 Å². The number of hydrogen-bond donors (Lipinski definition) is 2. The lowest BCUT2D eigenvalue weighted by molar-refractivity contribution is -0.133. The van der Waals surface area contributed by atoms with E-state index in [1.807, 2.05) is 18.2 Å². The third kappa shape index (κ3) is 4.27. The minimum absolute atomic E-state index is 0.217. The van der Waals surface area contributed by atoms with Crippen molar-refractivity contribution in [2.24, 2.45) is 0 Å². The maximum absolute atomic E-state index is 12.6. The molecule has 6 heteroatoms.